The molecule has 0 aliphatic rings. The second kappa shape index (κ2) is 4.65. The molecule has 0 atom stereocenters. The molecule has 1 amide bonds. The van der Waals surface area contributed by atoms with E-state index >= 15 is 0 Å². The van der Waals surface area contributed by atoms with Gasteiger partial charge in [-0.15, -0.1) is 0 Å². The normalized spacial score (nSPS) is 9.86. The van der Waals surface area contributed by atoms with Gasteiger partial charge in [-0.2, -0.15) is 0 Å². The first-order valence-corrected chi connectivity index (χ1v) is 4.78. The zero-order valence-corrected chi connectivity index (χ0v) is 8.66. The number of carbonyl (C=O) groups excluding carboxylic acids is 1. The lowest BCUT2D eigenvalue weighted by molar-refractivity contribution is -0.116. The molecule has 1 aromatic rings. The highest BCUT2D eigenvalue weighted by molar-refractivity contribution is 5.91. The number of hydrogen-bond donors (Lipinski definition) is 1. The van der Waals surface area contributed by atoms with Gasteiger partial charge in [0.15, 0.2) is 0 Å². The molecule has 0 bridgehead atoms. The Morgan fingerprint density at radius 1 is 1.50 bits per heavy atom. The van der Waals surface area contributed by atoms with E-state index in [0.717, 1.165) is 18.7 Å². The van der Waals surface area contributed by atoms with Crippen LogP contribution < -0.4 is 10.6 Å². The highest BCUT2D eigenvalue weighted by Gasteiger charge is 2.09. The quantitative estimate of drug-likeness (QED) is 0.745. The van der Waals surface area contributed by atoms with Crippen LogP contribution in [0.5, 0.6) is 0 Å². The zero-order valence-electron chi connectivity index (χ0n) is 8.66. The van der Waals surface area contributed by atoms with Crippen LogP contribution in [0.2, 0.25) is 0 Å². The summed E-state index contributed by atoms with van der Waals surface area (Å²) in [5.74, 6) is 0.0532. The fourth-order valence-electron chi connectivity index (χ4n) is 1.38. The minimum Gasteiger partial charge on any atom is -0.399 e. The Labute approximate surface area is 84.5 Å². The topological polar surface area (TPSA) is 46.3 Å². The fourth-order valence-corrected chi connectivity index (χ4v) is 1.38. The molecule has 3 heteroatoms. The van der Waals surface area contributed by atoms with E-state index in [2.05, 4.69) is 0 Å². The lowest BCUT2D eigenvalue weighted by Crippen LogP contribution is -2.29. The minimum atomic E-state index is 0.0532. The van der Waals surface area contributed by atoms with Crippen LogP contribution in [0, 0.1) is 0 Å². The molecule has 14 heavy (non-hydrogen) atoms. The minimum absolute atomic E-state index is 0.0532. The van der Waals surface area contributed by atoms with Crippen LogP contribution in [0.15, 0.2) is 24.3 Å². The number of nitrogen functional groups attached to an aromatic ring is 1. The summed E-state index contributed by atoms with van der Waals surface area (Å²) in [5, 5.41) is 0. The van der Waals surface area contributed by atoms with Crippen LogP contribution in [0.25, 0.3) is 0 Å². The van der Waals surface area contributed by atoms with Crippen LogP contribution in [0.1, 0.15) is 20.3 Å². The number of benzene rings is 1. The molecular formula is C11H16N2O. The first kappa shape index (κ1) is 10.6. The Kier molecular flexibility index (Phi) is 3.51. The third-order valence-corrected chi connectivity index (χ3v) is 2.01. The van der Waals surface area contributed by atoms with Crippen molar-refractivity contribution in [1.82, 2.24) is 0 Å². The maximum absolute atomic E-state index is 11.3. The standard InChI is InChI=1S/C11H16N2O/c1-3-7-13(9(2)14)11-6-4-5-10(12)8-11/h4-6,8H,3,7,12H2,1-2H3. The number of anilines is 2. The van der Waals surface area contributed by atoms with Gasteiger partial charge in [-0.3, -0.25) is 4.79 Å². The third kappa shape index (κ3) is 2.49. The Morgan fingerprint density at radius 2 is 2.21 bits per heavy atom. The highest BCUT2D eigenvalue weighted by Crippen LogP contribution is 2.17. The Bertz CT molecular complexity index is 323. The molecule has 2 N–H and O–H groups in total. The highest BCUT2D eigenvalue weighted by atomic mass is 16.2. The van der Waals surface area contributed by atoms with Crippen LogP contribution in [0.3, 0.4) is 0 Å². The molecule has 0 radical (unpaired) electrons. The van der Waals surface area contributed by atoms with E-state index in [1.165, 1.54) is 0 Å². The van der Waals surface area contributed by atoms with Crippen molar-refractivity contribution in [2.24, 2.45) is 0 Å². The van der Waals surface area contributed by atoms with E-state index < -0.39 is 0 Å². The van der Waals surface area contributed by atoms with Gasteiger partial charge in [-0.1, -0.05) is 13.0 Å². The smallest absolute Gasteiger partial charge is 0.223 e. The predicted molar refractivity (Wildman–Crippen MR) is 59.2 cm³/mol. The van der Waals surface area contributed by atoms with Gasteiger partial charge in [-0.05, 0) is 24.6 Å². The van der Waals surface area contributed by atoms with Gasteiger partial charge in [0.1, 0.15) is 0 Å². The second-order valence-corrected chi connectivity index (χ2v) is 3.27. The zero-order chi connectivity index (χ0) is 10.6. The summed E-state index contributed by atoms with van der Waals surface area (Å²) in [6, 6.07) is 7.38. The van der Waals surface area contributed by atoms with Crippen LogP contribution >= 0.6 is 0 Å². The molecule has 0 aliphatic carbocycles. The van der Waals surface area contributed by atoms with E-state index in [1.54, 1.807) is 11.8 Å². The average Bonchev–Trinajstić information content (AvgIpc) is 2.13. The number of hydrogen-bond acceptors (Lipinski definition) is 2. The largest absolute Gasteiger partial charge is 0.399 e. The van der Waals surface area contributed by atoms with Gasteiger partial charge in [-0.25, -0.2) is 0 Å². The molecule has 0 aliphatic heterocycles. The molecule has 1 aromatic carbocycles. The van der Waals surface area contributed by atoms with Crippen LogP contribution in [-0.2, 0) is 4.79 Å². The Hall–Kier alpha value is -1.51. The monoisotopic (exact) mass is 192 g/mol. The molecule has 0 spiro atoms. The molecule has 3 nitrogen and oxygen atoms in total. The van der Waals surface area contributed by atoms with Crippen LogP contribution in [0.4, 0.5) is 11.4 Å². The second-order valence-electron chi connectivity index (χ2n) is 3.27. The summed E-state index contributed by atoms with van der Waals surface area (Å²) in [6.45, 7) is 4.35. The van der Waals surface area contributed by atoms with Crippen molar-refractivity contribution >= 4 is 17.3 Å². The summed E-state index contributed by atoms with van der Waals surface area (Å²) in [5.41, 5.74) is 7.21. The first-order chi connectivity index (χ1) is 6.65. The average molecular weight is 192 g/mol. The van der Waals surface area contributed by atoms with Gasteiger partial charge in [0.05, 0.1) is 0 Å². The maximum atomic E-state index is 11.3. The van der Waals surface area contributed by atoms with E-state index in [9.17, 15) is 4.79 Å². The van der Waals surface area contributed by atoms with E-state index in [0.29, 0.717) is 5.69 Å². The number of rotatable bonds is 3. The summed E-state index contributed by atoms with van der Waals surface area (Å²) in [6.07, 6.45) is 0.939. The first-order valence-electron chi connectivity index (χ1n) is 4.78. The molecule has 0 saturated heterocycles. The van der Waals surface area contributed by atoms with Crippen molar-refractivity contribution in [2.45, 2.75) is 20.3 Å². The van der Waals surface area contributed by atoms with Gasteiger partial charge in [0.2, 0.25) is 5.91 Å². The molecular weight excluding hydrogens is 176 g/mol. The molecule has 1 rings (SSSR count). The van der Waals surface area contributed by atoms with Crippen molar-refractivity contribution < 1.29 is 4.79 Å². The van der Waals surface area contributed by atoms with E-state index in [-0.39, 0.29) is 5.91 Å². The third-order valence-electron chi connectivity index (χ3n) is 2.01. The lowest BCUT2D eigenvalue weighted by Gasteiger charge is -2.20. The molecule has 0 heterocycles. The summed E-state index contributed by atoms with van der Waals surface area (Å²) >= 11 is 0. The summed E-state index contributed by atoms with van der Waals surface area (Å²) in [4.78, 5) is 13.1. The van der Waals surface area contributed by atoms with Crippen molar-refractivity contribution in [2.75, 3.05) is 17.2 Å². The maximum Gasteiger partial charge on any atom is 0.223 e. The van der Waals surface area contributed by atoms with Gasteiger partial charge in [0, 0.05) is 24.8 Å². The van der Waals surface area contributed by atoms with Crippen molar-refractivity contribution in [3.63, 3.8) is 0 Å². The molecule has 0 aromatic heterocycles. The summed E-state index contributed by atoms with van der Waals surface area (Å²) in [7, 11) is 0. The number of nitrogens with two attached hydrogens (primary N) is 1. The van der Waals surface area contributed by atoms with Crippen molar-refractivity contribution in [3.05, 3.63) is 24.3 Å². The number of amides is 1. The van der Waals surface area contributed by atoms with Crippen molar-refractivity contribution in [3.8, 4) is 0 Å². The molecule has 0 saturated carbocycles. The fraction of sp³-hybridized carbons (Fsp3) is 0.364. The summed E-state index contributed by atoms with van der Waals surface area (Å²) < 4.78 is 0. The molecule has 0 unspecified atom stereocenters. The molecule has 0 fully saturated rings. The molecule has 76 valence electrons. The van der Waals surface area contributed by atoms with Crippen molar-refractivity contribution in [1.29, 1.82) is 0 Å². The lowest BCUT2D eigenvalue weighted by atomic mass is 10.2. The Balaban J connectivity index is 2.93. The SMILES string of the molecule is CCCN(C(C)=O)c1cccc(N)c1. The number of nitrogens with zero attached hydrogens (tertiary/aromatic N) is 1. The Morgan fingerprint density at radius 3 is 2.71 bits per heavy atom. The van der Waals surface area contributed by atoms with Gasteiger partial charge in [0.25, 0.3) is 0 Å². The van der Waals surface area contributed by atoms with E-state index in [4.69, 9.17) is 5.73 Å². The van der Waals surface area contributed by atoms with E-state index in [1.807, 2.05) is 31.2 Å². The van der Waals surface area contributed by atoms with Gasteiger partial charge >= 0.3 is 0 Å². The predicted octanol–water partition coefficient (Wildman–Crippen LogP) is 2.03. The van der Waals surface area contributed by atoms with Gasteiger partial charge < -0.3 is 10.6 Å². The van der Waals surface area contributed by atoms with Crippen LogP contribution in [-0.4, -0.2) is 12.5 Å². The number of carbonyl (C=O) groups is 1.